The van der Waals surface area contributed by atoms with Crippen molar-refractivity contribution in [1.29, 1.82) is 0 Å². The van der Waals surface area contributed by atoms with Gasteiger partial charge in [-0.1, -0.05) is 18.2 Å². The van der Waals surface area contributed by atoms with Crippen LogP contribution in [0.15, 0.2) is 18.2 Å². The van der Waals surface area contributed by atoms with Gasteiger partial charge in [-0.15, -0.1) is 0 Å². The number of piperidine rings is 2. The Morgan fingerprint density at radius 1 is 1.12 bits per heavy atom. The minimum Gasteiger partial charge on any atom is -0.322 e. The summed E-state index contributed by atoms with van der Waals surface area (Å²) in [5.74, 6) is -0.690. The summed E-state index contributed by atoms with van der Waals surface area (Å²) in [6.45, 7) is 3.25. The number of imide groups is 1. The number of carbonyl (C=O) groups is 3. The fourth-order valence-electron chi connectivity index (χ4n) is 4.80. The maximum absolute atomic E-state index is 13.1. The molecule has 5 aliphatic rings. The number of hydrogen-bond donors (Lipinski definition) is 2. The number of nitrogens with one attached hydrogen (secondary N) is 2. The molecule has 3 unspecified atom stereocenters. The van der Waals surface area contributed by atoms with E-state index in [0.29, 0.717) is 25.0 Å². The predicted molar refractivity (Wildman–Crippen MR) is 93.1 cm³/mol. The minimum atomic E-state index is -0.549. The van der Waals surface area contributed by atoms with Crippen LogP contribution in [0.2, 0.25) is 0 Å². The molecule has 7 nitrogen and oxygen atoms in total. The lowest BCUT2D eigenvalue weighted by Crippen LogP contribution is -2.66. The molecule has 6 rings (SSSR count). The number of rotatable bonds is 3. The van der Waals surface area contributed by atoms with Gasteiger partial charge in [-0.3, -0.25) is 24.6 Å². The second-order valence-electron chi connectivity index (χ2n) is 7.84. The van der Waals surface area contributed by atoms with Crippen molar-refractivity contribution in [3.8, 4) is 0 Å². The van der Waals surface area contributed by atoms with Gasteiger partial charge >= 0.3 is 0 Å². The SMILES string of the molecule is O=C1CCC(N2Cc3cccc(CN4CC5CC(C4)N5)c3C2=O)C(=O)N1. The van der Waals surface area contributed by atoms with Gasteiger partial charge in [0.15, 0.2) is 0 Å². The lowest BCUT2D eigenvalue weighted by molar-refractivity contribution is -0.136. The van der Waals surface area contributed by atoms with Crippen LogP contribution in [0.5, 0.6) is 0 Å². The molecule has 2 N–H and O–H groups in total. The molecular weight excluding hydrogens is 332 g/mol. The summed E-state index contributed by atoms with van der Waals surface area (Å²) < 4.78 is 0. The van der Waals surface area contributed by atoms with Gasteiger partial charge in [0.1, 0.15) is 6.04 Å². The summed E-state index contributed by atoms with van der Waals surface area (Å²) in [6.07, 6.45) is 1.94. The molecule has 2 bridgehead atoms. The van der Waals surface area contributed by atoms with Crippen molar-refractivity contribution in [3.63, 3.8) is 0 Å². The third kappa shape index (κ3) is 2.54. The summed E-state index contributed by atoms with van der Waals surface area (Å²) in [5.41, 5.74) is 2.78. The van der Waals surface area contributed by atoms with Gasteiger partial charge in [0.25, 0.3) is 5.91 Å². The highest BCUT2D eigenvalue weighted by Crippen LogP contribution is 2.31. The van der Waals surface area contributed by atoms with Gasteiger partial charge < -0.3 is 10.2 Å². The van der Waals surface area contributed by atoms with Crippen LogP contribution in [0.3, 0.4) is 0 Å². The van der Waals surface area contributed by atoms with Crippen molar-refractivity contribution in [2.45, 2.75) is 50.5 Å². The minimum absolute atomic E-state index is 0.0783. The van der Waals surface area contributed by atoms with Crippen LogP contribution in [0.4, 0.5) is 0 Å². The zero-order valence-electron chi connectivity index (χ0n) is 14.5. The van der Waals surface area contributed by atoms with E-state index in [0.717, 1.165) is 36.3 Å². The maximum atomic E-state index is 13.1. The average Bonchev–Trinajstić information content (AvgIpc) is 2.92. The molecule has 3 atom stereocenters. The second-order valence-corrected chi connectivity index (χ2v) is 7.84. The number of hydrogen-bond acceptors (Lipinski definition) is 5. The predicted octanol–water partition coefficient (Wildman–Crippen LogP) is -0.00630. The highest BCUT2D eigenvalue weighted by atomic mass is 16.2. The van der Waals surface area contributed by atoms with E-state index in [1.165, 1.54) is 6.42 Å². The van der Waals surface area contributed by atoms with Gasteiger partial charge in [0.05, 0.1) is 0 Å². The fourth-order valence-corrected chi connectivity index (χ4v) is 4.80. The zero-order valence-corrected chi connectivity index (χ0v) is 14.5. The smallest absolute Gasteiger partial charge is 0.255 e. The van der Waals surface area contributed by atoms with Crippen LogP contribution in [0.25, 0.3) is 0 Å². The molecule has 7 heteroatoms. The first-order chi connectivity index (χ1) is 12.6. The Morgan fingerprint density at radius 2 is 1.88 bits per heavy atom. The Hall–Kier alpha value is -2.25. The lowest BCUT2D eigenvalue weighted by Gasteiger charge is -2.48. The molecule has 0 aromatic heterocycles. The molecule has 5 heterocycles. The van der Waals surface area contributed by atoms with E-state index in [1.54, 1.807) is 4.90 Å². The quantitative estimate of drug-likeness (QED) is 0.747. The van der Waals surface area contributed by atoms with Crippen LogP contribution in [-0.4, -0.2) is 58.7 Å². The van der Waals surface area contributed by atoms with Crippen molar-refractivity contribution in [2.75, 3.05) is 13.1 Å². The monoisotopic (exact) mass is 354 g/mol. The molecule has 0 radical (unpaired) electrons. The molecule has 0 aliphatic carbocycles. The summed E-state index contributed by atoms with van der Waals surface area (Å²) in [7, 11) is 0. The molecule has 4 fully saturated rings. The number of amides is 3. The van der Waals surface area contributed by atoms with Crippen molar-refractivity contribution in [3.05, 3.63) is 34.9 Å². The Kier molecular flexibility index (Phi) is 3.62. The van der Waals surface area contributed by atoms with Crippen molar-refractivity contribution >= 4 is 17.7 Å². The summed E-state index contributed by atoms with van der Waals surface area (Å²) >= 11 is 0. The molecule has 5 aliphatic heterocycles. The standard InChI is InChI=1S/C19H22N4O3/c24-16-5-4-15(18(25)21-16)23-8-12-3-1-2-11(17(12)19(23)26)7-22-9-13-6-14(10-22)20-13/h1-3,13-15,20H,4-10H2,(H,21,24,25). The summed E-state index contributed by atoms with van der Waals surface area (Å²) in [6, 6.07) is 6.61. The first kappa shape index (κ1) is 16.0. The van der Waals surface area contributed by atoms with E-state index < -0.39 is 6.04 Å². The maximum Gasteiger partial charge on any atom is 0.255 e. The summed E-state index contributed by atoms with van der Waals surface area (Å²) in [4.78, 5) is 40.7. The molecule has 0 spiro atoms. The average molecular weight is 354 g/mol. The molecule has 1 aromatic rings. The van der Waals surface area contributed by atoms with E-state index in [1.807, 2.05) is 18.2 Å². The van der Waals surface area contributed by atoms with E-state index >= 15 is 0 Å². The number of piperazine rings is 1. The zero-order chi connectivity index (χ0) is 17.8. The molecule has 136 valence electrons. The topological polar surface area (TPSA) is 81.8 Å². The van der Waals surface area contributed by atoms with E-state index in [2.05, 4.69) is 15.5 Å². The third-order valence-electron chi connectivity index (χ3n) is 6.03. The first-order valence-electron chi connectivity index (χ1n) is 9.32. The number of nitrogens with zero attached hydrogens (tertiary/aromatic N) is 2. The number of benzene rings is 1. The Balaban J connectivity index is 1.37. The van der Waals surface area contributed by atoms with E-state index in [9.17, 15) is 14.4 Å². The van der Waals surface area contributed by atoms with Crippen molar-refractivity contribution in [2.24, 2.45) is 0 Å². The first-order valence-corrected chi connectivity index (χ1v) is 9.32. The third-order valence-corrected chi connectivity index (χ3v) is 6.03. The number of fused-ring (bicyclic) bond motifs is 3. The van der Waals surface area contributed by atoms with Crippen LogP contribution in [0.1, 0.15) is 40.7 Å². The molecule has 1 aromatic carbocycles. The van der Waals surface area contributed by atoms with Crippen LogP contribution >= 0.6 is 0 Å². The van der Waals surface area contributed by atoms with Crippen LogP contribution in [-0.2, 0) is 22.7 Å². The lowest BCUT2D eigenvalue weighted by atomic mass is 9.90. The molecular formula is C19H22N4O3. The Bertz CT molecular complexity index is 792. The highest BCUT2D eigenvalue weighted by Gasteiger charge is 2.41. The van der Waals surface area contributed by atoms with Gasteiger partial charge in [0, 0.05) is 50.2 Å². The van der Waals surface area contributed by atoms with Crippen molar-refractivity contribution < 1.29 is 14.4 Å². The van der Waals surface area contributed by atoms with Gasteiger partial charge in [-0.25, -0.2) is 0 Å². The van der Waals surface area contributed by atoms with E-state index in [-0.39, 0.29) is 24.1 Å². The van der Waals surface area contributed by atoms with Gasteiger partial charge in [-0.05, 0) is 24.0 Å². The van der Waals surface area contributed by atoms with Gasteiger partial charge in [0.2, 0.25) is 11.8 Å². The molecule has 0 saturated carbocycles. The van der Waals surface area contributed by atoms with Crippen LogP contribution < -0.4 is 10.6 Å². The fraction of sp³-hybridized carbons (Fsp3) is 0.526. The van der Waals surface area contributed by atoms with Crippen molar-refractivity contribution in [1.82, 2.24) is 20.4 Å². The highest BCUT2D eigenvalue weighted by molar-refractivity contribution is 6.05. The molecule has 26 heavy (non-hydrogen) atoms. The number of carbonyl (C=O) groups excluding carboxylic acids is 3. The molecule has 4 saturated heterocycles. The largest absolute Gasteiger partial charge is 0.322 e. The Morgan fingerprint density at radius 3 is 2.62 bits per heavy atom. The second kappa shape index (κ2) is 5.89. The summed E-state index contributed by atoms with van der Waals surface area (Å²) in [5, 5.41) is 5.88. The normalized spacial score (nSPS) is 30.8. The molecule has 3 amide bonds. The van der Waals surface area contributed by atoms with E-state index in [4.69, 9.17) is 0 Å². The van der Waals surface area contributed by atoms with Gasteiger partial charge in [-0.2, -0.15) is 0 Å². The van der Waals surface area contributed by atoms with Crippen LogP contribution in [0, 0.1) is 0 Å². The Labute approximate surface area is 151 Å².